The van der Waals surface area contributed by atoms with Crippen LogP contribution in [0.2, 0.25) is 0 Å². The van der Waals surface area contributed by atoms with Crippen molar-refractivity contribution in [3.05, 3.63) is 53.9 Å². The number of carbonyl (C=O) groups excluding carboxylic acids is 1. The predicted octanol–water partition coefficient (Wildman–Crippen LogP) is 4.03. The fraction of sp³-hybridized carbons (Fsp3) is 0.583. The number of hydrogen-bond donors (Lipinski definition) is 0. The van der Waals surface area contributed by atoms with Crippen molar-refractivity contribution >= 4 is 5.91 Å². The summed E-state index contributed by atoms with van der Waals surface area (Å²) in [4.78, 5) is 17.6. The van der Waals surface area contributed by atoms with Crippen LogP contribution in [0.1, 0.15) is 67.0 Å². The number of carbonyl (C=O) groups is 1. The molecule has 1 amide bonds. The average Bonchev–Trinajstić information content (AvgIpc) is 3.19. The minimum Gasteiger partial charge on any atom is -0.337 e. The van der Waals surface area contributed by atoms with E-state index in [0.717, 1.165) is 25.9 Å². The second-order valence-corrected chi connectivity index (χ2v) is 9.27. The predicted molar refractivity (Wildman–Crippen MR) is 114 cm³/mol. The summed E-state index contributed by atoms with van der Waals surface area (Å²) in [5.74, 6) is 0.121. The van der Waals surface area contributed by atoms with Gasteiger partial charge < -0.3 is 4.90 Å². The van der Waals surface area contributed by atoms with E-state index in [4.69, 9.17) is 0 Å². The van der Waals surface area contributed by atoms with Gasteiger partial charge in [0.2, 0.25) is 0 Å². The van der Waals surface area contributed by atoms with E-state index in [1.807, 2.05) is 18.0 Å². The molecule has 1 aromatic carbocycles. The van der Waals surface area contributed by atoms with Gasteiger partial charge in [0, 0.05) is 50.4 Å². The van der Waals surface area contributed by atoms with Gasteiger partial charge in [-0.05, 0) is 37.3 Å². The number of aromatic nitrogens is 2. The Morgan fingerprint density at radius 2 is 1.76 bits per heavy atom. The van der Waals surface area contributed by atoms with E-state index in [-0.39, 0.29) is 5.91 Å². The maximum absolute atomic E-state index is 12.8. The van der Waals surface area contributed by atoms with Gasteiger partial charge in [0.15, 0.2) is 0 Å². The van der Waals surface area contributed by atoms with Crippen molar-refractivity contribution in [1.82, 2.24) is 19.6 Å². The van der Waals surface area contributed by atoms with Crippen LogP contribution in [0, 0.1) is 5.41 Å². The van der Waals surface area contributed by atoms with Crippen molar-refractivity contribution in [1.29, 1.82) is 0 Å². The number of likely N-dealkylation sites (tertiary alicyclic amines) is 2. The average molecular weight is 393 g/mol. The Hall–Kier alpha value is -2.14. The van der Waals surface area contributed by atoms with E-state index in [9.17, 15) is 4.79 Å². The molecule has 0 radical (unpaired) electrons. The van der Waals surface area contributed by atoms with Gasteiger partial charge in [-0.2, -0.15) is 5.10 Å². The van der Waals surface area contributed by atoms with Crippen molar-refractivity contribution in [3.8, 4) is 0 Å². The molecule has 2 aliphatic heterocycles. The Morgan fingerprint density at radius 1 is 1.03 bits per heavy atom. The number of rotatable bonds is 3. The highest BCUT2D eigenvalue weighted by Gasteiger charge is 2.54. The zero-order valence-corrected chi connectivity index (χ0v) is 17.5. The van der Waals surface area contributed by atoms with Crippen LogP contribution in [0.3, 0.4) is 0 Å². The minimum atomic E-state index is 0.121. The zero-order chi connectivity index (χ0) is 19.8. The summed E-state index contributed by atoms with van der Waals surface area (Å²) in [7, 11) is 1.84. The topological polar surface area (TPSA) is 41.4 Å². The summed E-state index contributed by atoms with van der Waals surface area (Å²) in [6, 6.07) is 14.1. The number of amides is 1. The van der Waals surface area contributed by atoms with Gasteiger partial charge in [-0.25, -0.2) is 0 Å². The Balaban J connectivity index is 1.29. The molecule has 1 aliphatic carbocycles. The maximum atomic E-state index is 12.8. The molecule has 0 N–H and O–H groups in total. The molecule has 1 spiro atoms. The molecule has 5 heteroatoms. The van der Waals surface area contributed by atoms with Crippen molar-refractivity contribution < 1.29 is 4.79 Å². The summed E-state index contributed by atoms with van der Waals surface area (Å²) >= 11 is 0. The molecule has 1 unspecified atom stereocenters. The highest BCUT2D eigenvalue weighted by Crippen LogP contribution is 2.58. The Morgan fingerprint density at radius 3 is 2.41 bits per heavy atom. The fourth-order valence-corrected chi connectivity index (χ4v) is 6.13. The maximum Gasteiger partial charge on any atom is 0.272 e. The standard InChI is InChI=1S/C24H32N4O/c1-26-21(10-15-25-26)23(29)27-16-11-20(12-17-27)28-18-24(13-6-3-7-14-24)22(28)19-8-4-2-5-9-19/h2,4-5,8-10,15,20,22H,3,6-7,11-14,16-18H2,1H3. The lowest BCUT2D eigenvalue weighted by atomic mass is 9.60. The number of benzene rings is 1. The molecule has 0 bridgehead atoms. The first-order chi connectivity index (χ1) is 14.2. The summed E-state index contributed by atoms with van der Waals surface area (Å²) < 4.78 is 1.68. The molecule has 3 heterocycles. The fourth-order valence-electron chi connectivity index (χ4n) is 6.13. The van der Waals surface area contributed by atoms with Gasteiger partial charge in [-0.1, -0.05) is 49.6 Å². The number of piperidine rings is 1. The van der Waals surface area contributed by atoms with E-state index in [1.165, 1.54) is 44.2 Å². The molecule has 3 fully saturated rings. The Kier molecular flexibility index (Phi) is 4.94. The highest BCUT2D eigenvalue weighted by atomic mass is 16.2. The van der Waals surface area contributed by atoms with Gasteiger partial charge in [0.05, 0.1) is 0 Å². The highest BCUT2D eigenvalue weighted by molar-refractivity contribution is 5.92. The molecule has 29 heavy (non-hydrogen) atoms. The second-order valence-electron chi connectivity index (χ2n) is 9.27. The SMILES string of the molecule is Cn1nccc1C(=O)N1CCC(N2CC3(CCCCC3)C2c2ccccc2)CC1. The third kappa shape index (κ3) is 3.29. The summed E-state index contributed by atoms with van der Waals surface area (Å²) in [6.45, 7) is 2.94. The van der Waals surface area contributed by atoms with E-state index in [1.54, 1.807) is 10.9 Å². The summed E-state index contributed by atoms with van der Waals surface area (Å²) in [5, 5.41) is 4.15. The molecule has 154 valence electrons. The monoisotopic (exact) mass is 392 g/mol. The van der Waals surface area contributed by atoms with Crippen molar-refractivity contribution in [3.63, 3.8) is 0 Å². The molecular formula is C24H32N4O. The van der Waals surface area contributed by atoms with E-state index in [0.29, 0.717) is 23.2 Å². The third-order valence-corrected chi connectivity index (χ3v) is 7.63. The van der Waals surface area contributed by atoms with Gasteiger partial charge in [-0.3, -0.25) is 14.4 Å². The first kappa shape index (κ1) is 18.9. The van der Waals surface area contributed by atoms with E-state index in [2.05, 4.69) is 40.3 Å². The van der Waals surface area contributed by atoms with Gasteiger partial charge in [0.1, 0.15) is 5.69 Å². The van der Waals surface area contributed by atoms with Crippen LogP contribution >= 0.6 is 0 Å². The van der Waals surface area contributed by atoms with Gasteiger partial charge in [0.25, 0.3) is 5.91 Å². The lowest BCUT2D eigenvalue weighted by molar-refractivity contribution is -0.132. The molecular weight excluding hydrogens is 360 g/mol. The quantitative estimate of drug-likeness (QED) is 0.792. The van der Waals surface area contributed by atoms with Crippen LogP contribution in [0.15, 0.2) is 42.6 Å². The second kappa shape index (κ2) is 7.60. The Bertz CT molecular complexity index is 847. The molecule has 5 nitrogen and oxygen atoms in total. The van der Waals surface area contributed by atoms with Crippen LogP contribution in [-0.4, -0.2) is 51.2 Å². The smallest absolute Gasteiger partial charge is 0.272 e. The van der Waals surface area contributed by atoms with Crippen molar-refractivity contribution in [2.75, 3.05) is 19.6 Å². The van der Waals surface area contributed by atoms with Crippen LogP contribution < -0.4 is 0 Å². The minimum absolute atomic E-state index is 0.121. The van der Waals surface area contributed by atoms with Gasteiger partial charge in [-0.15, -0.1) is 0 Å². The van der Waals surface area contributed by atoms with Crippen LogP contribution in [0.5, 0.6) is 0 Å². The largest absolute Gasteiger partial charge is 0.337 e. The van der Waals surface area contributed by atoms with Crippen LogP contribution in [-0.2, 0) is 7.05 Å². The third-order valence-electron chi connectivity index (χ3n) is 7.63. The lowest BCUT2D eigenvalue weighted by Gasteiger charge is -2.63. The first-order valence-electron chi connectivity index (χ1n) is 11.3. The van der Waals surface area contributed by atoms with Gasteiger partial charge >= 0.3 is 0 Å². The first-order valence-corrected chi connectivity index (χ1v) is 11.3. The van der Waals surface area contributed by atoms with Crippen molar-refractivity contribution in [2.24, 2.45) is 12.5 Å². The zero-order valence-electron chi connectivity index (χ0n) is 17.5. The van der Waals surface area contributed by atoms with Crippen LogP contribution in [0.4, 0.5) is 0 Å². The van der Waals surface area contributed by atoms with E-state index >= 15 is 0 Å². The normalized spacial score (nSPS) is 25.1. The summed E-state index contributed by atoms with van der Waals surface area (Å²) in [5.41, 5.74) is 2.67. The molecule has 1 aromatic heterocycles. The molecule has 1 saturated carbocycles. The summed E-state index contributed by atoms with van der Waals surface area (Å²) in [6.07, 6.45) is 10.8. The molecule has 2 saturated heterocycles. The number of hydrogen-bond acceptors (Lipinski definition) is 3. The van der Waals surface area contributed by atoms with E-state index < -0.39 is 0 Å². The molecule has 1 atom stereocenters. The number of aryl methyl sites for hydroxylation is 1. The number of nitrogens with zero attached hydrogens (tertiary/aromatic N) is 4. The molecule has 3 aliphatic rings. The molecule has 2 aromatic rings. The lowest BCUT2D eigenvalue weighted by Crippen LogP contribution is -2.63. The van der Waals surface area contributed by atoms with Crippen molar-refractivity contribution in [2.45, 2.75) is 57.0 Å². The Labute approximate surface area is 173 Å². The van der Waals surface area contributed by atoms with Crippen LogP contribution in [0.25, 0.3) is 0 Å². The molecule has 5 rings (SSSR count).